The summed E-state index contributed by atoms with van der Waals surface area (Å²) in [5.41, 5.74) is 2.59. The Morgan fingerprint density at radius 3 is 2.29 bits per heavy atom. The summed E-state index contributed by atoms with van der Waals surface area (Å²) >= 11 is 0. The number of methoxy groups -OCH3 is 3. The van der Waals surface area contributed by atoms with Crippen molar-refractivity contribution in [2.75, 3.05) is 26.2 Å². The standard InChI is InChI=1S/C19H21NO4/c1-12-9-13-7-5-6-8-15(13)20(12)19(21)14-10-17(23-3)18(24-4)11-16(14)22-2/h5-8,10-12H,9H2,1-4H3. The van der Waals surface area contributed by atoms with Crippen LogP contribution < -0.4 is 19.1 Å². The van der Waals surface area contributed by atoms with Gasteiger partial charge in [0.25, 0.3) is 5.91 Å². The minimum atomic E-state index is -0.106. The zero-order chi connectivity index (χ0) is 17.3. The van der Waals surface area contributed by atoms with Gasteiger partial charge in [-0.1, -0.05) is 18.2 Å². The van der Waals surface area contributed by atoms with Crippen LogP contribution in [0, 0.1) is 0 Å². The first kappa shape index (κ1) is 16.2. The molecule has 0 N–H and O–H groups in total. The van der Waals surface area contributed by atoms with Gasteiger partial charge in [0.05, 0.1) is 26.9 Å². The fraction of sp³-hybridized carbons (Fsp3) is 0.316. The fourth-order valence-corrected chi connectivity index (χ4v) is 3.20. The molecule has 1 aliphatic heterocycles. The van der Waals surface area contributed by atoms with E-state index in [9.17, 15) is 4.79 Å². The van der Waals surface area contributed by atoms with Gasteiger partial charge in [0, 0.05) is 23.9 Å². The van der Waals surface area contributed by atoms with Gasteiger partial charge in [-0.25, -0.2) is 0 Å². The van der Waals surface area contributed by atoms with Crippen LogP contribution in [0.25, 0.3) is 0 Å². The lowest BCUT2D eigenvalue weighted by Gasteiger charge is -2.24. The van der Waals surface area contributed by atoms with E-state index in [4.69, 9.17) is 14.2 Å². The molecule has 0 bridgehead atoms. The second-order valence-electron chi connectivity index (χ2n) is 5.76. The average Bonchev–Trinajstić information content (AvgIpc) is 2.95. The number of hydrogen-bond acceptors (Lipinski definition) is 4. The highest BCUT2D eigenvalue weighted by atomic mass is 16.5. The molecular weight excluding hydrogens is 306 g/mol. The summed E-state index contributed by atoms with van der Waals surface area (Å²) in [6.45, 7) is 2.05. The summed E-state index contributed by atoms with van der Waals surface area (Å²) in [7, 11) is 4.64. The number of benzene rings is 2. The van der Waals surface area contributed by atoms with E-state index in [-0.39, 0.29) is 11.9 Å². The van der Waals surface area contributed by atoms with Crippen LogP contribution in [0.15, 0.2) is 36.4 Å². The molecule has 1 aliphatic rings. The number of hydrogen-bond donors (Lipinski definition) is 0. The molecule has 3 rings (SSSR count). The Labute approximate surface area is 141 Å². The van der Waals surface area contributed by atoms with Crippen molar-refractivity contribution in [2.45, 2.75) is 19.4 Å². The van der Waals surface area contributed by atoms with E-state index in [0.29, 0.717) is 22.8 Å². The highest BCUT2D eigenvalue weighted by Crippen LogP contribution is 2.38. The number of para-hydroxylation sites is 1. The van der Waals surface area contributed by atoms with E-state index in [2.05, 4.69) is 6.07 Å². The number of ether oxygens (including phenoxy) is 3. The fourth-order valence-electron chi connectivity index (χ4n) is 3.20. The highest BCUT2D eigenvalue weighted by molar-refractivity contribution is 6.09. The second-order valence-corrected chi connectivity index (χ2v) is 5.76. The minimum absolute atomic E-state index is 0.0905. The maximum atomic E-state index is 13.2. The van der Waals surface area contributed by atoms with Crippen LogP contribution in [0.4, 0.5) is 5.69 Å². The largest absolute Gasteiger partial charge is 0.496 e. The molecule has 2 aromatic rings. The van der Waals surface area contributed by atoms with Crippen LogP contribution in [0.3, 0.4) is 0 Å². The van der Waals surface area contributed by atoms with Gasteiger partial charge in [-0.15, -0.1) is 0 Å². The summed E-state index contributed by atoms with van der Waals surface area (Å²) in [6.07, 6.45) is 0.845. The van der Waals surface area contributed by atoms with Crippen molar-refractivity contribution in [3.8, 4) is 17.2 Å². The maximum Gasteiger partial charge on any atom is 0.262 e. The predicted octanol–water partition coefficient (Wildman–Crippen LogP) is 3.30. The summed E-state index contributed by atoms with van der Waals surface area (Å²) in [5, 5.41) is 0. The van der Waals surface area contributed by atoms with E-state index in [1.165, 1.54) is 5.56 Å². The number of amides is 1. The van der Waals surface area contributed by atoms with E-state index in [1.54, 1.807) is 33.5 Å². The van der Waals surface area contributed by atoms with Crippen molar-refractivity contribution in [1.29, 1.82) is 0 Å². The van der Waals surface area contributed by atoms with Crippen molar-refractivity contribution < 1.29 is 19.0 Å². The number of carbonyl (C=O) groups is 1. The minimum Gasteiger partial charge on any atom is -0.496 e. The Morgan fingerprint density at radius 1 is 1.00 bits per heavy atom. The monoisotopic (exact) mass is 327 g/mol. The number of carbonyl (C=O) groups excluding carboxylic acids is 1. The molecule has 5 heteroatoms. The first-order valence-corrected chi connectivity index (χ1v) is 7.82. The van der Waals surface area contributed by atoms with E-state index in [0.717, 1.165) is 12.1 Å². The van der Waals surface area contributed by atoms with Gasteiger partial charge in [-0.3, -0.25) is 4.79 Å². The second kappa shape index (κ2) is 6.43. The SMILES string of the molecule is COc1cc(OC)c(C(=O)N2c3ccccc3CC2C)cc1OC. The molecule has 1 atom stereocenters. The lowest BCUT2D eigenvalue weighted by atomic mass is 10.1. The van der Waals surface area contributed by atoms with Crippen molar-refractivity contribution in [2.24, 2.45) is 0 Å². The van der Waals surface area contributed by atoms with E-state index < -0.39 is 0 Å². The molecule has 1 heterocycles. The molecule has 0 fully saturated rings. The third kappa shape index (κ3) is 2.56. The lowest BCUT2D eigenvalue weighted by Crippen LogP contribution is -2.36. The maximum absolute atomic E-state index is 13.2. The van der Waals surface area contributed by atoms with Crippen LogP contribution in [-0.4, -0.2) is 33.3 Å². The molecule has 1 amide bonds. The molecular formula is C19H21NO4. The number of anilines is 1. The van der Waals surface area contributed by atoms with Gasteiger partial charge in [0.1, 0.15) is 5.75 Å². The topological polar surface area (TPSA) is 48.0 Å². The van der Waals surface area contributed by atoms with Gasteiger partial charge in [-0.2, -0.15) is 0 Å². The molecule has 126 valence electrons. The summed E-state index contributed by atoms with van der Waals surface area (Å²) in [4.78, 5) is 15.0. The average molecular weight is 327 g/mol. The summed E-state index contributed by atoms with van der Waals surface area (Å²) in [5.74, 6) is 1.39. The van der Waals surface area contributed by atoms with E-state index >= 15 is 0 Å². The number of fused-ring (bicyclic) bond motifs is 1. The van der Waals surface area contributed by atoms with Crippen LogP contribution in [0.5, 0.6) is 17.2 Å². The third-order valence-corrected chi connectivity index (χ3v) is 4.36. The molecule has 0 aliphatic carbocycles. The zero-order valence-electron chi connectivity index (χ0n) is 14.3. The van der Waals surface area contributed by atoms with Gasteiger partial charge in [0.2, 0.25) is 0 Å². The smallest absolute Gasteiger partial charge is 0.262 e. The number of rotatable bonds is 4. The molecule has 5 nitrogen and oxygen atoms in total. The molecule has 2 aromatic carbocycles. The van der Waals surface area contributed by atoms with Crippen molar-refractivity contribution in [1.82, 2.24) is 0 Å². The first-order chi connectivity index (χ1) is 11.6. The Hall–Kier alpha value is -2.69. The molecule has 0 saturated carbocycles. The zero-order valence-corrected chi connectivity index (χ0v) is 14.3. The molecule has 1 unspecified atom stereocenters. The van der Waals surface area contributed by atoms with E-state index in [1.807, 2.05) is 30.0 Å². The summed E-state index contributed by atoms with van der Waals surface area (Å²) < 4.78 is 16.0. The van der Waals surface area contributed by atoms with Gasteiger partial charge >= 0.3 is 0 Å². The summed E-state index contributed by atoms with van der Waals surface area (Å²) in [6, 6.07) is 11.4. The molecule has 0 radical (unpaired) electrons. The van der Waals surface area contributed by atoms with Crippen LogP contribution >= 0.6 is 0 Å². The van der Waals surface area contributed by atoms with Crippen molar-refractivity contribution >= 4 is 11.6 Å². The van der Waals surface area contributed by atoms with Gasteiger partial charge in [-0.05, 0) is 25.0 Å². The Bertz CT molecular complexity index is 772. The Kier molecular flexibility index (Phi) is 4.34. The quantitative estimate of drug-likeness (QED) is 0.864. The van der Waals surface area contributed by atoms with Crippen molar-refractivity contribution in [3.63, 3.8) is 0 Å². The first-order valence-electron chi connectivity index (χ1n) is 7.82. The van der Waals surface area contributed by atoms with Crippen LogP contribution in [-0.2, 0) is 6.42 Å². The van der Waals surface area contributed by atoms with Gasteiger partial charge < -0.3 is 19.1 Å². The predicted molar refractivity (Wildman–Crippen MR) is 92.5 cm³/mol. The molecule has 0 saturated heterocycles. The normalized spacial score (nSPS) is 15.8. The third-order valence-electron chi connectivity index (χ3n) is 4.36. The molecule has 0 spiro atoms. The van der Waals surface area contributed by atoms with Crippen molar-refractivity contribution in [3.05, 3.63) is 47.5 Å². The molecule has 0 aromatic heterocycles. The van der Waals surface area contributed by atoms with Crippen LogP contribution in [0.1, 0.15) is 22.8 Å². The Balaban J connectivity index is 2.07. The molecule has 24 heavy (non-hydrogen) atoms. The highest BCUT2D eigenvalue weighted by Gasteiger charge is 2.33. The number of nitrogens with zero attached hydrogens (tertiary/aromatic N) is 1. The van der Waals surface area contributed by atoms with Crippen LogP contribution in [0.2, 0.25) is 0 Å². The Morgan fingerprint density at radius 2 is 1.62 bits per heavy atom. The van der Waals surface area contributed by atoms with Gasteiger partial charge in [0.15, 0.2) is 11.5 Å². The lowest BCUT2D eigenvalue weighted by molar-refractivity contribution is 0.0978.